The molecule has 0 bridgehead atoms. The van der Waals surface area contributed by atoms with Crippen LogP contribution in [-0.2, 0) is 7.05 Å². The normalized spacial score (nSPS) is 13.4. The summed E-state index contributed by atoms with van der Waals surface area (Å²) in [7, 11) is 1.93. The number of hydrogen-bond acceptors (Lipinski definition) is 3. The number of nitrogens with zero attached hydrogens (tertiary/aromatic N) is 1. The first-order valence-corrected chi connectivity index (χ1v) is 10.6. The molecule has 2 heterocycles. The van der Waals surface area contributed by atoms with Gasteiger partial charge in [-0.15, -0.1) is 11.3 Å². The van der Waals surface area contributed by atoms with Gasteiger partial charge >= 0.3 is 0 Å². The van der Waals surface area contributed by atoms with E-state index in [4.69, 9.17) is 23.2 Å². The number of aromatic nitrogens is 1. The van der Waals surface area contributed by atoms with Crippen LogP contribution in [-0.4, -0.2) is 16.1 Å². The number of carbonyl (C=O) groups is 2. The first-order valence-electron chi connectivity index (χ1n) is 8.99. The molecule has 0 fully saturated rings. The standard InChI is InChI=1S/C23H12Cl2FNO2S/c1-27-19(11-2-4-12(26)5-3-11)10-21-20(27)7-13(30-21)6-16-22(28)14-8-17(24)18(25)9-15(14)23(16)29/h2-10H,1H3. The van der Waals surface area contributed by atoms with Crippen LogP contribution in [0.4, 0.5) is 4.39 Å². The van der Waals surface area contributed by atoms with Gasteiger partial charge in [0.05, 0.1) is 25.8 Å². The van der Waals surface area contributed by atoms with E-state index in [0.29, 0.717) is 0 Å². The molecule has 0 aliphatic heterocycles. The zero-order valence-corrected chi connectivity index (χ0v) is 17.8. The number of allylic oxidation sites excluding steroid dienone is 1. The summed E-state index contributed by atoms with van der Waals surface area (Å²) in [6.07, 6.45) is 1.62. The molecule has 1 aliphatic rings. The fourth-order valence-corrected chi connectivity index (χ4v) is 5.09. The van der Waals surface area contributed by atoms with Gasteiger partial charge < -0.3 is 4.57 Å². The fourth-order valence-electron chi connectivity index (χ4n) is 3.69. The van der Waals surface area contributed by atoms with Crippen LogP contribution < -0.4 is 0 Å². The van der Waals surface area contributed by atoms with E-state index in [-0.39, 0.29) is 44.1 Å². The minimum Gasteiger partial charge on any atom is -0.343 e. The molecule has 0 spiro atoms. The Morgan fingerprint density at radius 1 is 0.933 bits per heavy atom. The summed E-state index contributed by atoms with van der Waals surface area (Å²) in [5.41, 5.74) is 3.50. The fraction of sp³-hybridized carbons (Fsp3) is 0.0435. The van der Waals surface area contributed by atoms with E-state index in [1.807, 2.05) is 23.7 Å². The second kappa shape index (κ2) is 6.91. The predicted molar refractivity (Wildman–Crippen MR) is 119 cm³/mol. The Balaban J connectivity index is 1.55. The second-order valence-corrected chi connectivity index (χ2v) is 8.95. The first-order chi connectivity index (χ1) is 14.3. The smallest absolute Gasteiger partial charge is 0.197 e. The Labute approximate surface area is 185 Å². The Morgan fingerprint density at radius 2 is 1.53 bits per heavy atom. The number of ketones is 2. The van der Waals surface area contributed by atoms with Crippen molar-refractivity contribution in [2.24, 2.45) is 7.05 Å². The molecule has 0 N–H and O–H groups in total. The first kappa shape index (κ1) is 19.2. The molecule has 0 saturated heterocycles. The number of hydrogen-bond donors (Lipinski definition) is 0. The molecule has 0 atom stereocenters. The van der Waals surface area contributed by atoms with Crippen LogP contribution in [0.3, 0.4) is 0 Å². The topological polar surface area (TPSA) is 39.1 Å². The van der Waals surface area contributed by atoms with Crippen LogP contribution in [0.25, 0.3) is 27.6 Å². The molecular weight excluding hydrogens is 444 g/mol. The summed E-state index contributed by atoms with van der Waals surface area (Å²) in [4.78, 5) is 26.3. The van der Waals surface area contributed by atoms with E-state index in [1.165, 1.54) is 35.6 Å². The molecule has 4 aromatic rings. The quantitative estimate of drug-likeness (QED) is 0.245. The summed E-state index contributed by atoms with van der Waals surface area (Å²) in [5.74, 6) is -0.978. The highest BCUT2D eigenvalue weighted by atomic mass is 35.5. The van der Waals surface area contributed by atoms with E-state index in [1.54, 1.807) is 18.2 Å². The minimum atomic E-state index is -0.349. The zero-order valence-electron chi connectivity index (χ0n) is 15.5. The molecule has 1 aliphatic carbocycles. The molecular formula is C23H12Cl2FNO2S. The van der Waals surface area contributed by atoms with E-state index in [9.17, 15) is 14.0 Å². The summed E-state index contributed by atoms with van der Waals surface area (Å²) >= 11 is 13.5. The number of rotatable bonds is 2. The molecule has 0 amide bonds. The molecule has 0 unspecified atom stereocenters. The van der Waals surface area contributed by atoms with Gasteiger partial charge in [-0.1, -0.05) is 23.2 Å². The lowest BCUT2D eigenvalue weighted by Gasteiger charge is -2.04. The molecule has 30 heavy (non-hydrogen) atoms. The minimum absolute atomic E-state index is 0.105. The Bertz CT molecular complexity index is 1370. The van der Waals surface area contributed by atoms with Crippen molar-refractivity contribution in [2.75, 3.05) is 0 Å². The summed E-state index contributed by atoms with van der Waals surface area (Å²) in [5, 5.41) is 0.487. The number of thiophene rings is 1. The molecule has 5 rings (SSSR count). The summed E-state index contributed by atoms with van der Waals surface area (Å²) in [6.45, 7) is 0. The molecule has 7 heteroatoms. The number of aryl methyl sites for hydroxylation is 1. The average Bonchev–Trinajstić information content (AvgIpc) is 3.32. The largest absolute Gasteiger partial charge is 0.343 e. The molecule has 2 aromatic carbocycles. The lowest BCUT2D eigenvalue weighted by atomic mass is 10.1. The van der Waals surface area contributed by atoms with E-state index >= 15 is 0 Å². The van der Waals surface area contributed by atoms with Crippen LogP contribution in [0.1, 0.15) is 25.6 Å². The number of benzene rings is 2. The summed E-state index contributed by atoms with van der Waals surface area (Å²) < 4.78 is 16.2. The molecule has 3 nitrogen and oxygen atoms in total. The van der Waals surface area contributed by atoms with Crippen molar-refractivity contribution in [3.05, 3.63) is 86.0 Å². The average molecular weight is 456 g/mol. The van der Waals surface area contributed by atoms with Crippen molar-refractivity contribution in [1.82, 2.24) is 4.57 Å². The second-order valence-electron chi connectivity index (χ2n) is 7.02. The lowest BCUT2D eigenvalue weighted by Crippen LogP contribution is -1.99. The van der Waals surface area contributed by atoms with Gasteiger partial charge in [-0.3, -0.25) is 9.59 Å². The highest BCUT2D eigenvalue weighted by Gasteiger charge is 2.34. The van der Waals surface area contributed by atoms with Gasteiger partial charge in [0.1, 0.15) is 5.82 Å². The maximum Gasteiger partial charge on any atom is 0.197 e. The maximum absolute atomic E-state index is 13.2. The Hall–Kier alpha value is -2.73. The molecule has 148 valence electrons. The van der Waals surface area contributed by atoms with E-state index < -0.39 is 0 Å². The third kappa shape index (κ3) is 2.93. The third-order valence-corrected chi connectivity index (χ3v) is 6.96. The van der Waals surface area contributed by atoms with Crippen LogP contribution in [0.15, 0.2) is 54.1 Å². The Morgan fingerprint density at radius 3 is 2.10 bits per heavy atom. The Kier molecular flexibility index (Phi) is 4.43. The van der Waals surface area contributed by atoms with Crippen molar-refractivity contribution in [2.45, 2.75) is 0 Å². The highest BCUT2D eigenvalue weighted by Crippen LogP contribution is 2.37. The van der Waals surface area contributed by atoms with Crippen molar-refractivity contribution < 1.29 is 14.0 Å². The van der Waals surface area contributed by atoms with E-state index in [0.717, 1.165) is 26.4 Å². The lowest BCUT2D eigenvalue weighted by molar-refractivity contribution is 0.0990. The monoisotopic (exact) mass is 455 g/mol. The van der Waals surface area contributed by atoms with Gasteiger partial charge in [0.15, 0.2) is 11.6 Å². The molecule has 0 saturated carbocycles. The number of halogens is 3. The van der Waals surface area contributed by atoms with Crippen molar-refractivity contribution >= 4 is 62.4 Å². The van der Waals surface area contributed by atoms with Crippen LogP contribution >= 0.6 is 34.5 Å². The predicted octanol–water partition coefficient (Wildman–Crippen LogP) is 6.82. The van der Waals surface area contributed by atoms with Gasteiger partial charge in [-0.25, -0.2) is 4.39 Å². The van der Waals surface area contributed by atoms with Gasteiger partial charge in [0, 0.05) is 28.7 Å². The number of fused-ring (bicyclic) bond motifs is 2. The molecule has 2 aromatic heterocycles. The maximum atomic E-state index is 13.2. The zero-order chi connectivity index (χ0) is 21.2. The van der Waals surface area contributed by atoms with Crippen LogP contribution in [0, 0.1) is 5.82 Å². The number of carbonyl (C=O) groups excluding carboxylic acids is 2. The van der Waals surface area contributed by atoms with Crippen LogP contribution in [0.2, 0.25) is 10.0 Å². The van der Waals surface area contributed by atoms with Crippen LogP contribution in [0.5, 0.6) is 0 Å². The van der Waals surface area contributed by atoms with E-state index in [2.05, 4.69) is 0 Å². The van der Waals surface area contributed by atoms with Crippen molar-refractivity contribution in [3.8, 4) is 11.3 Å². The number of Topliss-reactive ketones (excluding diaryl/α,β-unsaturated/α-hetero) is 2. The van der Waals surface area contributed by atoms with Crippen molar-refractivity contribution in [1.29, 1.82) is 0 Å². The molecule has 0 radical (unpaired) electrons. The van der Waals surface area contributed by atoms with Gasteiger partial charge in [0.25, 0.3) is 0 Å². The third-order valence-electron chi connectivity index (χ3n) is 5.22. The van der Waals surface area contributed by atoms with Crippen molar-refractivity contribution in [3.63, 3.8) is 0 Å². The van der Waals surface area contributed by atoms with Gasteiger partial charge in [-0.05, 0) is 60.2 Å². The summed E-state index contributed by atoms with van der Waals surface area (Å²) in [6, 6.07) is 13.2. The SMILES string of the molecule is Cn1c(-c2ccc(F)cc2)cc2sc(C=C3C(=O)c4cc(Cl)c(Cl)cc4C3=O)cc21. The van der Waals surface area contributed by atoms with Gasteiger partial charge in [-0.2, -0.15) is 0 Å². The highest BCUT2D eigenvalue weighted by molar-refractivity contribution is 7.19. The van der Waals surface area contributed by atoms with Gasteiger partial charge in [0.2, 0.25) is 0 Å².